The normalized spacial score (nSPS) is 13.0. The van der Waals surface area contributed by atoms with Crippen LogP contribution < -0.4 is 5.32 Å². The van der Waals surface area contributed by atoms with Crippen molar-refractivity contribution < 1.29 is 0 Å². The Hall–Kier alpha value is -0.0500. The van der Waals surface area contributed by atoms with Crippen LogP contribution in [0.15, 0.2) is 11.4 Å². The summed E-state index contributed by atoms with van der Waals surface area (Å²) in [7, 11) is 0. The number of nitrogens with one attached hydrogen (secondary N) is 1. The van der Waals surface area contributed by atoms with E-state index in [0.29, 0.717) is 6.04 Å². The van der Waals surface area contributed by atoms with Crippen molar-refractivity contribution in [3.63, 3.8) is 0 Å². The van der Waals surface area contributed by atoms with Crippen molar-refractivity contribution in [3.05, 3.63) is 21.3 Å². The van der Waals surface area contributed by atoms with Gasteiger partial charge in [-0.2, -0.15) is 0 Å². The van der Waals surface area contributed by atoms with Gasteiger partial charge in [0, 0.05) is 10.9 Å². The van der Waals surface area contributed by atoms with Gasteiger partial charge in [-0.15, -0.1) is 11.3 Å². The zero-order chi connectivity index (χ0) is 11.1. The number of halogens is 1. The average molecular weight is 246 g/mol. The fraction of sp³-hybridized carbons (Fsp3) is 0.667. The summed E-state index contributed by atoms with van der Waals surface area (Å²) in [6.07, 6.45) is 4.81. The highest BCUT2D eigenvalue weighted by Gasteiger charge is 2.08. The minimum absolute atomic E-state index is 0.651. The third-order valence-corrected chi connectivity index (χ3v) is 3.99. The molecule has 86 valence electrons. The molecule has 0 aromatic carbocycles. The molecule has 15 heavy (non-hydrogen) atoms. The number of hydrogen-bond donors (Lipinski definition) is 1. The summed E-state index contributed by atoms with van der Waals surface area (Å²) >= 11 is 7.84. The Kier molecular flexibility index (Phi) is 6.30. The van der Waals surface area contributed by atoms with Crippen LogP contribution in [0, 0.1) is 0 Å². The first-order valence-corrected chi connectivity index (χ1v) is 6.98. The molecule has 1 heterocycles. The predicted octanol–water partition coefficient (Wildman–Crippen LogP) is 4.11. The third kappa shape index (κ3) is 4.54. The van der Waals surface area contributed by atoms with E-state index >= 15 is 0 Å². The lowest BCUT2D eigenvalue weighted by Gasteiger charge is -2.16. The second kappa shape index (κ2) is 7.26. The van der Waals surface area contributed by atoms with Gasteiger partial charge >= 0.3 is 0 Å². The van der Waals surface area contributed by atoms with Crippen LogP contribution in [0.3, 0.4) is 0 Å². The largest absolute Gasteiger partial charge is 0.314 e. The molecule has 1 unspecified atom stereocenters. The van der Waals surface area contributed by atoms with Crippen molar-refractivity contribution in [2.24, 2.45) is 0 Å². The Bertz CT molecular complexity index is 266. The number of thiophene rings is 1. The first-order valence-electron chi connectivity index (χ1n) is 5.73. The molecule has 0 aliphatic carbocycles. The highest BCUT2D eigenvalue weighted by Crippen LogP contribution is 2.24. The van der Waals surface area contributed by atoms with Gasteiger partial charge < -0.3 is 5.32 Å². The van der Waals surface area contributed by atoms with Gasteiger partial charge in [-0.05, 0) is 37.3 Å². The van der Waals surface area contributed by atoms with Crippen LogP contribution in [0.1, 0.15) is 38.0 Å². The first-order chi connectivity index (χ1) is 7.27. The van der Waals surface area contributed by atoms with Crippen LogP contribution >= 0.6 is 22.9 Å². The molecule has 1 nitrogen and oxygen atoms in total. The maximum Gasteiger partial charge on any atom is 0.0544 e. The molecule has 1 N–H and O–H groups in total. The summed E-state index contributed by atoms with van der Waals surface area (Å²) in [6.45, 7) is 5.46. The lowest BCUT2D eigenvalue weighted by atomic mass is 10.1. The molecule has 0 aliphatic rings. The molecule has 0 fully saturated rings. The summed E-state index contributed by atoms with van der Waals surface area (Å²) in [5.41, 5.74) is 0. The van der Waals surface area contributed by atoms with Crippen LogP contribution in [0.4, 0.5) is 0 Å². The van der Waals surface area contributed by atoms with E-state index in [2.05, 4.69) is 24.5 Å². The molecule has 0 bridgehead atoms. The van der Waals surface area contributed by atoms with Gasteiger partial charge in [-0.1, -0.05) is 31.9 Å². The summed E-state index contributed by atoms with van der Waals surface area (Å²) in [4.78, 5) is 1.33. The topological polar surface area (TPSA) is 12.0 Å². The van der Waals surface area contributed by atoms with Crippen molar-refractivity contribution in [1.82, 2.24) is 5.32 Å². The van der Waals surface area contributed by atoms with Gasteiger partial charge in [0.25, 0.3) is 0 Å². The van der Waals surface area contributed by atoms with Crippen LogP contribution in [0.5, 0.6) is 0 Å². The van der Waals surface area contributed by atoms with Crippen molar-refractivity contribution in [2.75, 3.05) is 6.54 Å². The molecular weight excluding hydrogens is 226 g/mol. The molecule has 1 atom stereocenters. The van der Waals surface area contributed by atoms with Crippen LogP contribution in [-0.2, 0) is 6.42 Å². The van der Waals surface area contributed by atoms with Gasteiger partial charge in [-0.3, -0.25) is 0 Å². The van der Waals surface area contributed by atoms with Gasteiger partial charge in [-0.25, -0.2) is 0 Å². The average Bonchev–Trinajstić information content (AvgIpc) is 2.61. The van der Waals surface area contributed by atoms with Crippen LogP contribution in [0.2, 0.25) is 5.02 Å². The van der Waals surface area contributed by atoms with E-state index in [-0.39, 0.29) is 0 Å². The minimum Gasteiger partial charge on any atom is -0.314 e. The fourth-order valence-corrected chi connectivity index (χ4v) is 2.94. The number of rotatable bonds is 7. The molecule has 0 amide bonds. The minimum atomic E-state index is 0.651. The lowest BCUT2D eigenvalue weighted by Crippen LogP contribution is -2.29. The molecule has 1 rings (SSSR count). The lowest BCUT2D eigenvalue weighted by molar-refractivity contribution is 0.461. The van der Waals surface area contributed by atoms with Crippen molar-refractivity contribution >= 4 is 22.9 Å². The molecule has 3 heteroatoms. The highest BCUT2D eigenvalue weighted by molar-refractivity contribution is 7.10. The quantitative estimate of drug-likeness (QED) is 0.762. The van der Waals surface area contributed by atoms with E-state index in [1.807, 2.05) is 6.07 Å². The number of aryl methyl sites for hydroxylation is 1. The van der Waals surface area contributed by atoms with E-state index in [9.17, 15) is 0 Å². The van der Waals surface area contributed by atoms with Gasteiger partial charge in [0.15, 0.2) is 0 Å². The molecule has 0 radical (unpaired) electrons. The SMILES string of the molecule is CCCC(CCc1sccc1Cl)NCC. The summed E-state index contributed by atoms with van der Waals surface area (Å²) in [5, 5.41) is 6.53. The van der Waals surface area contributed by atoms with Crippen molar-refractivity contribution in [3.8, 4) is 0 Å². The van der Waals surface area contributed by atoms with Crippen molar-refractivity contribution in [2.45, 2.75) is 45.6 Å². The molecule has 1 aromatic heterocycles. The Morgan fingerprint density at radius 2 is 2.20 bits per heavy atom. The van der Waals surface area contributed by atoms with E-state index in [1.54, 1.807) is 11.3 Å². The predicted molar refractivity (Wildman–Crippen MR) is 70.0 cm³/mol. The Balaban J connectivity index is 2.36. The second-order valence-corrected chi connectivity index (χ2v) is 5.18. The zero-order valence-electron chi connectivity index (χ0n) is 9.55. The number of hydrogen-bond acceptors (Lipinski definition) is 2. The monoisotopic (exact) mass is 245 g/mol. The van der Waals surface area contributed by atoms with E-state index < -0.39 is 0 Å². The molecule has 1 aromatic rings. The van der Waals surface area contributed by atoms with E-state index in [0.717, 1.165) is 18.0 Å². The molecule has 0 spiro atoms. The fourth-order valence-electron chi connectivity index (χ4n) is 1.79. The Morgan fingerprint density at radius 1 is 1.40 bits per heavy atom. The van der Waals surface area contributed by atoms with Gasteiger partial charge in [0.1, 0.15) is 0 Å². The van der Waals surface area contributed by atoms with Crippen molar-refractivity contribution in [1.29, 1.82) is 0 Å². The maximum atomic E-state index is 6.07. The molecule has 0 saturated heterocycles. The molecule has 0 aliphatic heterocycles. The molecular formula is C12H20ClNS. The van der Waals surface area contributed by atoms with Gasteiger partial charge in [0.2, 0.25) is 0 Å². The third-order valence-electron chi connectivity index (χ3n) is 2.54. The van der Waals surface area contributed by atoms with E-state index in [1.165, 1.54) is 24.1 Å². The zero-order valence-corrected chi connectivity index (χ0v) is 11.1. The van der Waals surface area contributed by atoms with E-state index in [4.69, 9.17) is 11.6 Å². The maximum absolute atomic E-state index is 6.07. The first kappa shape index (κ1) is 13.0. The van der Waals surface area contributed by atoms with Crippen LogP contribution in [-0.4, -0.2) is 12.6 Å². The smallest absolute Gasteiger partial charge is 0.0544 e. The summed E-state index contributed by atoms with van der Waals surface area (Å²) in [6, 6.07) is 2.64. The van der Waals surface area contributed by atoms with Gasteiger partial charge in [0.05, 0.1) is 5.02 Å². The summed E-state index contributed by atoms with van der Waals surface area (Å²) < 4.78 is 0. The van der Waals surface area contributed by atoms with Crippen LogP contribution in [0.25, 0.3) is 0 Å². The second-order valence-electron chi connectivity index (χ2n) is 3.77. The standard InChI is InChI=1S/C12H20ClNS/c1-3-5-10(14-4-2)6-7-12-11(13)8-9-15-12/h8-10,14H,3-7H2,1-2H3. The Labute approximate surface area is 102 Å². The molecule has 0 saturated carbocycles. The highest BCUT2D eigenvalue weighted by atomic mass is 35.5. The Morgan fingerprint density at radius 3 is 2.73 bits per heavy atom. The summed E-state index contributed by atoms with van der Waals surface area (Å²) in [5.74, 6) is 0.